The number of hydroxylamine groups is 2. The van der Waals surface area contributed by atoms with Crippen LogP contribution < -0.4 is 15.8 Å². The standard InChI is InChI=1S/C24H33N7O3/c1-30(2)24-26-21-15-11-6-4-3-5-10-14-20(22(33)28-29-23(25-21)27-24)16-31(18-32)34-17-19-12-8-7-9-13-19/h4,6-9,12-13,18,20H,3,5,10-11,14-17H2,1-2H3,(H,28,33)(H,25,26,27,29)/t20-/m1/s1. The van der Waals surface area contributed by atoms with E-state index in [-0.39, 0.29) is 25.0 Å². The molecular weight excluding hydrogens is 434 g/mol. The fourth-order valence-corrected chi connectivity index (χ4v) is 3.48. The largest absolute Gasteiger partial charge is 0.347 e. The quantitative estimate of drug-likeness (QED) is 0.363. The number of amides is 2. The van der Waals surface area contributed by atoms with Gasteiger partial charge in [0.1, 0.15) is 12.4 Å². The molecule has 1 aromatic carbocycles. The van der Waals surface area contributed by atoms with Crippen LogP contribution in [0.3, 0.4) is 0 Å². The van der Waals surface area contributed by atoms with Crippen LogP contribution in [-0.4, -0.2) is 53.0 Å². The van der Waals surface area contributed by atoms with Gasteiger partial charge in [-0.05, 0) is 31.2 Å². The first-order valence-electron chi connectivity index (χ1n) is 11.6. The van der Waals surface area contributed by atoms with Gasteiger partial charge in [-0.2, -0.15) is 15.0 Å². The number of benzene rings is 1. The maximum atomic E-state index is 13.0. The first kappa shape index (κ1) is 25.1. The van der Waals surface area contributed by atoms with Crippen LogP contribution in [0.25, 0.3) is 0 Å². The minimum atomic E-state index is -0.461. The Morgan fingerprint density at radius 2 is 1.85 bits per heavy atom. The van der Waals surface area contributed by atoms with Gasteiger partial charge in [0.2, 0.25) is 24.2 Å². The van der Waals surface area contributed by atoms with E-state index in [4.69, 9.17) is 4.84 Å². The molecule has 34 heavy (non-hydrogen) atoms. The van der Waals surface area contributed by atoms with Gasteiger partial charge in [-0.15, -0.1) is 0 Å². The van der Waals surface area contributed by atoms with Crippen molar-refractivity contribution in [1.82, 2.24) is 25.4 Å². The number of carbonyl (C=O) groups is 2. The number of carbonyl (C=O) groups excluding carboxylic acids is 2. The van der Waals surface area contributed by atoms with Crippen molar-refractivity contribution >= 4 is 24.2 Å². The van der Waals surface area contributed by atoms with Crippen LogP contribution in [-0.2, 0) is 27.5 Å². The number of allylic oxidation sites excluding steroid dienone is 2. The lowest BCUT2D eigenvalue weighted by Gasteiger charge is -2.23. The molecule has 0 radical (unpaired) electrons. The molecule has 2 aromatic rings. The highest BCUT2D eigenvalue weighted by atomic mass is 16.7. The molecule has 10 nitrogen and oxygen atoms in total. The molecule has 0 saturated heterocycles. The fourth-order valence-electron chi connectivity index (χ4n) is 3.48. The van der Waals surface area contributed by atoms with Crippen molar-refractivity contribution in [3.63, 3.8) is 0 Å². The van der Waals surface area contributed by atoms with Crippen molar-refractivity contribution in [2.45, 2.75) is 45.1 Å². The predicted octanol–water partition coefficient (Wildman–Crippen LogP) is 2.65. The van der Waals surface area contributed by atoms with Gasteiger partial charge < -0.3 is 4.90 Å². The lowest BCUT2D eigenvalue weighted by molar-refractivity contribution is -0.182. The number of nitrogens with one attached hydrogen (secondary N) is 2. The van der Waals surface area contributed by atoms with Gasteiger partial charge in [-0.3, -0.25) is 25.3 Å². The summed E-state index contributed by atoms with van der Waals surface area (Å²) < 4.78 is 0. The SMILES string of the molecule is CN(C)c1nc2nc(n1)NNC(=O)[C@@H](CN(C=O)OCc1ccccc1)CCCCC=CCC2. The van der Waals surface area contributed by atoms with Crippen molar-refractivity contribution in [2.75, 3.05) is 31.0 Å². The second-order valence-electron chi connectivity index (χ2n) is 8.34. The molecule has 1 aliphatic heterocycles. The number of aromatic nitrogens is 3. The Kier molecular flexibility index (Phi) is 9.78. The van der Waals surface area contributed by atoms with E-state index >= 15 is 0 Å². The van der Waals surface area contributed by atoms with Crippen LogP contribution in [0.5, 0.6) is 0 Å². The zero-order chi connectivity index (χ0) is 24.2. The Morgan fingerprint density at radius 3 is 2.62 bits per heavy atom. The molecule has 10 heteroatoms. The number of nitrogens with zero attached hydrogens (tertiary/aromatic N) is 5. The van der Waals surface area contributed by atoms with E-state index in [0.29, 0.717) is 31.0 Å². The van der Waals surface area contributed by atoms with Crippen molar-refractivity contribution in [1.29, 1.82) is 0 Å². The zero-order valence-electron chi connectivity index (χ0n) is 19.8. The summed E-state index contributed by atoms with van der Waals surface area (Å²) in [5, 5.41) is 1.19. The molecule has 1 aliphatic rings. The average Bonchev–Trinajstić information content (AvgIpc) is 2.85. The van der Waals surface area contributed by atoms with Gasteiger partial charge in [0, 0.05) is 20.5 Å². The maximum absolute atomic E-state index is 13.0. The molecule has 1 atom stereocenters. The number of hydrogen-bond donors (Lipinski definition) is 2. The van der Waals surface area contributed by atoms with Crippen molar-refractivity contribution in [3.05, 3.63) is 53.9 Å². The summed E-state index contributed by atoms with van der Waals surface area (Å²) in [7, 11) is 3.70. The number of hydrazine groups is 1. The molecule has 2 amide bonds. The number of rotatable bonds is 7. The Morgan fingerprint density at radius 1 is 1.06 bits per heavy atom. The number of aryl methyl sites for hydroxylation is 1. The normalized spacial score (nSPS) is 17.0. The van der Waals surface area contributed by atoms with E-state index in [1.165, 1.54) is 5.06 Å². The molecule has 0 fully saturated rings. The third-order valence-electron chi connectivity index (χ3n) is 5.37. The monoisotopic (exact) mass is 467 g/mol. The lowest BCUT2D eigenvalue weighted by Crippen LogP contribution is -2.41. The van der Waals surface area contributed by atoms with Crippen LogP contribution in [0.1, 0.15) is 43.5 Å². The van der Waals surface area contributed by atoms with Crippen LogP contribution in [0.15, 0.2) is 42.5 Å². The maximum Gasteiger partial charge on any atom is 0.246 e. The van der Waals surface area contributed by atoms with Gasteiger partial charge in [-0.25, -0.2) is 5.06 Å². The predicted molar refractivity (Wildman–Crippen MR) is 129 cm³/mol. The smallest absolute Gasteiger partial charge is 0.246 e. The summed E-state index contributed by atoms with van der Waals surface area (Å²) >= 11 is 0. The molecule has 0 aliphatic carbocycles. The molecule has 0 unspecified atom stereocenters. The summed E-state index contributed by atoms with van der Waals surface area (Å²) in [4.78, 5) is 45.4. The molecule has 3 rings (SSSR count). The number of anilines is 2. The molecule has 0 spiro atoms. The molecule has 2 heterocycles. The zero-order valence-corrected chi connectivity index (χ0v) is 19.8. The summed E-state index contributed by atoms with van der Waals surface area (Å²) in [6.45, 7) is 0.392. The first-order chi connectivity index (χ1) is 16.5. The van der Waals surface area contributed by atoms with E-state index in [0.717, 1.165) is 31.2 Å². The molecule has 1 aromatic heterocycles. The van der Waals surface area contributed by atoms with Crippen molar-refractivity contribution < 1.29 is 14.4 Å². The van der Waals surface area contributed by atoms with Crippen molar-refractivity contribution in [3.8, 4) is 0 Å². The molecule has 2 N–H and O–H groups in total. The first-order valence-corrected chi connectivity index (χ1v) is 11.6. The highest BCUT2D eigenvalue weighted by molar-refractivity contribution is 5.80. The second-order valence-corrected chi connectivity index (χ2v) is 8.34. The highest BCUT2D eigenvalue weighted by Gasteiger charge is 2.22. The summed E-state index contributed by atoms with van der Waals surface area (Å²) in [6.07, 6.45) is 9.77. The Labute approximate surface area is 200 Å². The van der Waals surface area contributed by atoms with Gasteiger partial charge in [0.15, 0.2) is 0 Å². The van der Waals surface area contributed by atoms with Crippen LogP contribution >= 0.6 is 0 Å². The van der Waals surface area contributed by atoms with E-state index in [2.05, 4.69) is 38.0 Å². The summed E-state index contributed by atoms with van der Waals surface area (Å²) in [5.41, 5.74) is 6.47. The van der Waals surface area contributed by atoms with Crippen molar-refractivity contribution in [2.24, 2.45) is 5.92 Å². The van der Waals surface area contributed by atoms with E-state index in [1.54, 1.807) is 4.90 Å². The number of hydrogen-bond acceptors (Lipinski definition) is 8. The van der Waals surface area contributed by atoms with Gasteiger partial charge in [0.25, 0.3) is 0 Å². The molecule has 2 bridgehead atoms. The molecular formula is C24H33N7O3. The Balaban J connectivity index is 1.70. The molecule has 0 saturated carbocycles. The van der Waals surface area contributed by atoms with Crippen LogP contribution in [0.4, 0.5) is 11.9 Å². The fraction of sp³-hybridized carbons (Fsp3) is 0.458. The minimum Gasteiger partial charge on any atom is -0.347 e. The summed E-state index contributed by atoms with van der Waals surface area (Å²) in [5.74, 6) is 0.708. The highest BCUT2D eigenvalue weighted by Crippen LogP contribution is 2.15. The van der Waals surface area contributed by atoms with Gasteiger partial charge >= 0.3 is 0 Å². The summed E-state index contributed by atoms with van der Waals surface area (Å²) in [6, 6.07) is 9.57. The van der Waals surface area contributed by atoms with E-state index < -0.39 is 5.92 Å². The van der Waals surface area contributed by atoms with E-state index in [9.17, 15) is 9.59 Å². The number of fused-ring (bicyclic) bond motifs is 2. The van der Waals surface area contributed by atoms with Gasteiger partial charge in [-0.1, -0.05) is 48.9 Å². The minimum absolute atomic E-state index is 0.144. The Hall–Kier alpha value is -3.53. The lowest BCUT2D eigenvalue weighted by atomic mass is 10.00. The third kappa shape index (κ3) is 8.11. The van der Waals surface area contributed by atoms with Crippen LogP contribution in [0, 0.1) is 5.92 Å². The second kappa shape index (κ2) is 13.2. The topological polar surface area (TPSA) is 113 Å². The Bertz CT molecular complexity index is 953. The van der Waals surface area contributed by atoms with Gasteiger partial charge in [0.05, 0.1) is 12.5 Å². The molecule has 182 valence electrons. The third-order valence-corrected chi connectivity index (χ3v) is 5.37. The van der Waals surface area contributed by atoms with Crippen LogP contribution in [0.2, 0.25) is 0 Å². The van der Waals surface area contributed by atoms with E-state index in [1.807, 2.05) is 44.4 Å². The average molecular weight is 468 g/mol.